The number of hydrogen-bond donors (Lipinski definition) is 2. The maximum atomic E-state index is 15.5. The van der Waals surface area contributed by atoms with Gasteiger partial charge in [-0.3, -0.25) is 0 Å². The van der Waals surface area contributed by atoms with Crippen LogP contribution in [0.4, 0.5) is 43.4 Å². The maximum Gasteiger partial charge on any atom is 0.450 e. The van der Waals surface area contributed by atoms with Gasteiger partial charge in [0.2, 0.25) is 11.0 Å². The van der Waals surface area contributed by atoms with Crippen LogP contribution in [0.1, 0.15) is 27.8 Å². The van der Waals surface area contributed by atoms with E-state index in [1.165, 1.54) is 24.3 Å². The number of anilines is 2. The summed E-state index contributed by atoms with van der Waals surface area (Å²) in [5.74, 6) is -8.29. The number of halogens is 6. The minimum absolute atomic E-state index is 0.0169. The monoisotopic (exact) mass is 969 g/mol. The standard InChI is InChI=1S/C46H36F6N3O8S3/c1-6-31-17-21-34(22-18-31)63-66(60,61)46(51,52)44(47,48)45(49,50)65(58,59)55-64(56,57)40-16-8-7-15-37(40)41-35-23-19-32(53-42-27(2)11-9-12-28(42)3)25-38(35)62-39-26-33(20-24-36(39)41)54-43-29(4)13-10-14-30(43)5/h6-26,53H,1H2,2-5H3/q-1/p+1. The third kappa shape index (κ3) is 8.44. The minimum atomic E-state index is -7.61. The van der Waals surface area contributed by atoms with E-state index in [9.17, 15) is 25.3 Å². The number of benzene rings is 6. The van der Waals surface area contributed by atoms with Crippen molar-refractivity contribution >= 4 is 64.3 Å². The number of fused-ring (bicyclic) bond motifs is 2. The van der Waals surface area contributed by atoms with E-state index in [1.54, 1.807) is 24.3 Å². The Labute approximate surface area is 375 Å². The summed E-state index contributed by atoms with van der Waals surface area (Å²) >= 11 is 0. The predicted octanol–water partition coefficient (Wildman–Crippen LogP) is 9.76. The van der Waals surface area contributed by atoms with Gasteiger partial charge in [0.1, 0.15) is 27.1 Å². The molecule has 5 aromatic carbocycles. The molecule has 0 fully saturated rings. The second kappa shape index (κ2) is 17.1. The lowest BCUT2D eigenvalue weighted by Crippen LogP contribution is -2.71. The first-order chi connectivity index (χ1) is 30.8. The molecular formula is C46H37F6N3O8S3. The van der Waals surface area contributed by atoms with Crippen LogP contribution in [0.2, 0.25) is 0 Å². The van der Waals surface area contributed by atoms with Gasteiger partial charge in [0.25, 0.3) is 0 Å². The number of nitrogens with one attached hydrogen (secondary N) is 2. The van der Waals surface area contributed by atoms with Crippen molar-refractivity contribution in [1.82, 2.24) is 0 Å². The van der Waals surface area contributed by atoms with Gasteiger partial charge in [-0.25, -0.2) is 21.8 Å². The highest BCUT2D eigenvalue weighted by molar-refractivity contribution is 8.12. The molecule has 1 aliphatic heterocycles. The number of hydrogen-bond acceptors (Lipinski definition) is 9. The first-order valence-electron chi connectivity index (χ1n) is 19.5. The molecule has 2 aliphatic rings. The predicted molar refractivity (Wildman–Crippen MR) is 238 cm³/mol. The molecule has 0 spiro atoms. The van der Waals surface area contributed by atoms with E-state index < -0.39 is 62.8 Å². The number of alkyl halides is 6. The first kappa shape index (κ1) is 47.5. The quantitative estimate of drug-likeness (QED) is 0.0613. The van der Waals surface area contributed by atoms with Gasteiger partial charge in [-0.2, -0.15) is 34.8 Å². The van der Waals surface area contributed by atoms with Crippen LogP contribution in [0.15, 0.2) is 137 Å². The van der Waals surface area contributed by atoms with Crippen molar-refractivity contribution in [2.45, 2.75) is 49.0 Å². The van der Waals surface area contributed by atoms with Crippen LogP contribution >= 0.6 is 0 Å². The molecule has 11 nitrogen and oxygen atoms in total. The van der Waals surface area contributed by atoms with Gasteiger partial charge in [0.15, 0.2) is 10.0 Å². The normalized spacial score (nSPS) is 13.3. The van der Waals surface area contributed by atoms with Crippen LogP contribution in [0.3, 0.4) is 0 Å². The summed E-state index contributed by atoms with van der Waals surface area (Å²) in [6.07, 6.45) is 1.23. The van der Waals surface area contributed by atoms with Crippen molar-refractivity contribution in [2.75, 3.05) is 5.32 Å². The molecule has 0 saturated heterocycles. The van der Waals surface area contributed by atoms with Gasteiger partial charge in [0, 0.05) is 56.7 Å². The average molecular weight is 970 g/mol. The molecule has 0 aromatic heterocycles. The van der Waals surface area contributed by atoms with Gasteiger partial charge in [0.05, 0.1) is 11.0 Å². The number of nitrogens with zero attached hydrogens (tertiary/aromatic N) is 1. The van der Waals surface area contributed by atoms with E-state index in [4.69, 9.17) is 4.42 Å². The molecule has 0 bridgehead atoms. The zero-order valence-electron chi connectivity index (χ0n) is 35.0. The topological polar surface area (TPSA) is 165 Å². The molecule has 66 heavy (non-hydrogen) atoms. The lowest BCUT2D eigenvalue weighted by molar-refractivity contribution is -0.403. The summed E-state index contributed by atoms with van der Waals surface area (Å²) in [5.41, 5.74) is 5.92. The largest absolute Gasteiger partial charge is 0.456 e. The summed E-state index contributed by atoms with van der Waals surface area (Å²) < 4.78 is 183. The number of aryl methyl sites for hydroxylation is 4. The number of para-hydroxylation sites is 2. The molecule has 20 heteroatoms. The lowest BCUT2D eigenvalue weighted by atomic mass is 9.93. The van der Waals surface area contributed by atoms with Crippen LogP contribution in [-0.4, -0.2) is 41.7 Å². The van der Waals surface area contributed by atoms with Crippen LogP contribution < -0.4 is 19.8 Å². The summed E-state index contributed by atoms with van der Waals surface area (Å²) in [4.78, 5) is 2.20. The highest BCUT2D eigenvalue weighted by Crippen LogP contribution is 2.53. The van der Waals surface area contributed by atoms with Crippen LogP contribution in [-0.2, 0) is 30.2 Å². The zero-order valence-corrected chi connectivity index (χ0v) is 37.5. The summed E-state index contributed by atoms with van der Waals surface area (Å²) in [7, 11) is -20.8. The van der Waals surface area contributed by atoms with Gasteiger partial charge in [-0.1, -0.05) is 79.4 Å². The van der Waals surface area contributed by atoms with Gasteiger partial charge in [-0.15, -0.1) is 0 Å². The van der Waals surface area contributed by atoms with Crippen LogP contribution in [0.25, 0.3) is 43.6 Å². The third-order valence-electron chi connectivity index (χ3n) is 10.5. The Bertz CT molecular complexity index is 3410. The Kier molecular flexibility index (Phi) is 12.3. The average Bonchev–Trinajstić information content (AvgIpc) is 3.25. The summed E-state index contributed by atoms with van der Waals surface area (Å²) in [6, 6.07) is 28.6. The lowest BCUT2D eigenvalue weighted by Gasteiger charge is -2.35. The Hall–Kier alpha value is -6.48. The van der Waals surface area contributed by atoms with Gasteiger partial charge in [-0.05, 0) is 80.8 Å². The van der Waals surface area contributed by atoms with E-state index in [0.29, 0.717) is 23.2 Å². The molecule has 0 atom stereocenters. The summed E-state index contributed by atoms with van der Waals surface area (Å²) in [5, 5.41) is -10.1. The fraction of sp³-hybridized carbons (Fsp3) is 0.152. The van der Waals surface area contributed by atoms with Crippen LogP contribution in [0.5, 0.6) is 5.75 Å². The highest BCUT2D eigenvalue weighted by Gasteiger charge is 2.81. The fourth-order valence-corrected chi connectivity index (χ4v) is 10.9. The van der Waals surface area contributed by atoms with E-state index in [0.717, 1.165) is 64.0 Å². The highest BCUT2D eigenvalue weighted by atomic mass is 32.3. The third-order valence-corrected chi connectivity index (χ3v) is 15.2. The molecule has 0 radical (unpaired) electrons. The Morgan fingerprint density at radius 1 is 0.682 bits per heavy atom. The van der Waals surface area contributed by atoms with E-state index in [-0.39, 0.29) is 33.4 Å². The minimum Gasteiger partial charge on any atom is -0.456 e. The number of rotatable bonds is 14. The first-order valence-corrected chi connectivity index (χ1v) is 23.7. The summed E-state index contributed by atoms with van der Waals surface area (Å²) in [6.45, 7) is 11.0. The van der Waals surface area contributed by atoms with E-state index in [1.807, 2.05) is 64.1 Å². The van der Waals surface area contributed by atoms with Crippen molar-refractivity contribution in [3.05, 3.63) is 165 Å². The fourth-order valence-electron chi connectivity index (χ4n) is 7.09. The van der Waals surface area contributed by atoms with Crippen molar-refractivity contribution in [3.63, 3.8) is 0 Å². The molecule has 1 heterocycles. The maximum absolute atomic E-state index is 15.5. The van der Waals surface area contributed by atoms with Crippen LogP contribution in [0, 0.1) is 27.7 Å². The van der Waals surface area contributed by atoms with Crippen molar-refractivity contribution in [3.8, 4) is 28.2 Å². The molecule has 2 N–H and O–H groups in total. The second-order valence-electron chi connectivity index (χ2n) is 15.1. The van der Waals surface area contributed by atoms with Gasteiger partial charge >= 0.3 is 26.5 Å². The molecule has 7 rings (SSSR count). The molecule has 0 amide bonds. The Morgan fingerprint density at radius 3 is 1.91 bits per heavy atom. The Morgan fingerprint density at radius 2 is 1.29 bits per heavy atom. The van der Waals surface area contributed by atoms with E-state index >= 15 is 26.3 Å². The molecule has 0 unspecified atom stereocenters. The number of sulfonamides is 2. The second-order valence-corrected chi connectivity index (χ2v) is 20.2. The smallest absolute Gasteiger partial charge is 0.450 e. The van der Waals surface area contributed by atoms with Crippen molar-refractivity contribution < 1.29 is 65.2 Å². The SMILES string of the molecule is C=Cc1ccc(OS(=O)(=O)C(F)(F)C(F)(F)C(F)(F)S(=O)(=O)[N-]S(=O)(=O)c2ccccc2-c2c3ccc(=[NH+]c4c(C)cccc4C)cc-3oc3cc(Nc4c(C)cccc4C)ccc23)cc1. The molecule has 1 aliphatic carbocycles. The molecule has 344 valence electrons. The molecule has 5 aromatic rings. The molecular weight excluding hydrogens is 933 g/mol. The van der Waals surface area contributed by atoms with Crippen molar-refractivity contribution in [1.29, 1.82) is 0 Å². The van der Waals surface area contributed by atoms with Crippen molar-refractivity contribution in [2.24, 2.45) is 0 Å². The Balaban J connectivity index is 1.35. The van der Waals surface area contributed by atoms with E-state index in [2.05, 4.69) is 25.2 Å². The van der Waals surface area contributed by atoms with Gasteiger partial charge < -0.3 is 18.0 Å². The molecule has 0 saturated carbocycles. The zero-order chi connectivity index (χ0) is 48.2.